The number of rotatable bonds is 3. The second-order valence-corrected chi connectivity index (χ2v) is 6.30. The van der Waals surface area contributed by atoms with Crippen molar-refractivity contribution in [2.45, 2.75) is 20.8 Å². The molecule has 0 saturated carbocycles. The van der Waals surface area contributed by atoms with Gasteiger partial charge in [0.15, 0.2) is 4.77 Å². The van der Waals surface area contributed by atoms with Crippen molar-refractivity contribution in [1.29, 1.82) is 0 Å². The summed E-state index contributed by atoms with van der Waals surface area (Å²) in [5.74, 6) is -0.178. The summed E-state index contributed by atoms with van der Waals surface area (Å²) in [6.07, 6.45) is 0. The number of carbonyl (C=O) groups excluding carboxylic acids is 1. The van der Waals surface area contributed by atoms with Crippen LogP contribution in [0.15, 0.2) is 41.2 Å². The number of benzene rings is 2. The fraction of sp³-hybridized carbons (Fsp3) is 0.211. The summed E-state index contributed by atoms with van der Waals surface area (Å²) in [5, 5.41) is 3.23. The van der Waals surface area contributed by atoms with Gasteiger partial charge < -0.3 is 10.3 Å². The predicted molar refractivity (Wildman–Crippen MR) is 102 cm³/mol. The Labute approximate surface area is 150 Å². The quantitative estimate of drug-likeness (QED) is 0.709. The van der Waals surface area contributed by atoms with Crippen LogP contribution in [-0.2, 0) is 0 Å². The Morgan fingerprint density at radius 2 is 2.00 bits per heavy atom. The van der Waals surface area contributed by atoms with Crippen molar-refractivity contribution in [3.8, 4) is 5.69 Å². The number of fused-ring (bicyclic) bond motifs is 1. The Bertz CT molecular complexity index is 1100. The number of amides is 1. The maximum atomic E-state index is 13.0. The molecule has 0 unspecified atom stereocenters. The first-order valence-electron chi connectivity index (χ1n) is 8.08. The average Bonchev–Trinajstić information content (AvgIpc) is 2.58. The molecule has 0 spiro atoms. The highest BCUT2D eigenvalue weighted by Gasteiger charge is 2.12. The van der Waals surface area contributed by atoms with E-state index in [0.29, 0.717) is 27.8 Å². The zero-order chi connectivity index (χ0) is 18.1. The Hall–Kier alpha value is -2.73. The highest BCUT2D eigenvalue weighted by Crippen LogP contribution is 2.18. The van der Waals surface area contributed by atoms with E-state index in [9.17, 15) is 9.59 Å². The smallest absolute Gasteiger partial charge is 0.266 e. The van der Waals surface area contributed by atoms with E-state index in [1.54, 1.807) is 18.2 Å². The summed E-state index contributed by atoms with van der Waals surface area (Å²) in [6.45, 7) is 6.36. The highest BCUT2D eigenvalue weighted by molar-refractivity contribution is 7.71. The maximum absolute atomic E-state index is 13.0. The van der Waals surface area contributed by atoms with Gasteiger partial charge in [0.1, 0.15) is 0 Å². The Balaban J connectivity index is 2.26. The normalized spacial score (nSPS) is 10.8. The number of hydrogen-bond acceptors (Lipinski definition) is 3. The monoisotopic (exact) mass is 353 g/mol. The predicted octanol–water partition coefficient (Wildman–Crippen LogP) is 3.41. The van der Waals surface area contributed by atoms with Crippen molar-refractivity contribution in [2.75, 3.05) is 6.54 Å². The van der Waals surface area contributed by atoms with Gasteiger partial charge in [-0.1, -0.05) is 12.1 Å². The topological polar surface area (TPSA) is 66.9 Å². The molecule has 0 aliphatic rings. The Morgan fingerprint density at radius 1 is 1.24 bits per heavy atom. The molecule has 0 bridgehead atoms. The van der Waals surface area contributed by atoms with Crippen LogP contribution in [0, 0.1) is 18.6 Å². The van der Waals surface area contributed by atoms with E-state index in [2.05, 4.69) is 10.3 Å². The summed E-state index contributed by atoms with van der Waals surface area (Å²) >= 11 is 5.42. The standard InChI is InChI=1S/C19H19N3O2S/c1-4-20-17(23)13-8-9-14-15(10-13)21-19(25)22(18(14)24)16-7-5-6-11(2)12(16)3/h5-10H,4H2,1-3H3,(H,20,23)(H,21,25). The molecule has 2 aromatic carbocycles. The third-order valence-electron chi connectivity index (χ3n) is 4.31. The second-order valence-electron chi connectivity index (χ2n) is 5.91. The lowest BCUT2D eigenvalue weighted by Gasteiger charge is -2.13. The van der Waals surface area contributed by atoms with E-state index in [1.165, 1.54) is 4.57 Å². The summed E-state index contributed by atoms with van der Waals surface area (Å²) < 4.78 is 1.81. The number of carbonyl (C=O) groups is 1. The Morgan fingerprint density at radius 3 is 2.72 bits per heavy atom. The van der Waals surface area contributed by atoms with Crippen LogP contribution in [0.3, 0.4) is 0 Å². The fourth-order valence-electron chi connectivity index (χ4n) is 2.82. The molecule has 0 radical (unpaired) electrons. The SMILES string of the molecule is CCNC(=O)c1ccc2c(=O)n(-c3cccc(C)c3C)c(=S)[nH]c2c1. The van der Waals surface area contributed by atoms with Crippen LogP contribution in [0.2, 0.25) is 0 Å². The lowest BCUT2D eigenvalue weighted by atomic mass is 10.1. The largest absolute Gasteiger partial charge is 0.352 e. The maximum Gasteiger partial charge on any atom is 0.266 e. The molecule has 1 amide bonds. The van der Waals surface area contributed by atoms with E-state index in [-0.39, 0.29) is 11.5 Å². The van der Waals surface area contributed by atoms with Gasteiger partial charge in [-0.2, -0.15) is 0 Å². The minimum absolute atomic E-state index is 0.178. The number of nitrogens with zero attached hydrogens (tertiary/aromatic N) is 1. The van der Waals surface area contributed by atoms with Gasteiger partial charge in [0.2, 0.25) is 0 Å². The number of H-pyrrole nitrogens is 1. The number of aromatic amines is 1. The number of hydrogen-bond donors (Lipinski definition) is 2. The number of aryl methyl sites for hydroxylation is 1. The van der Waals surface area contributed by atoms with Crippen molar-refractivity contribution >= 4 is 29.0 Å². The first kappa shape index (κ1) is 17.1. The van der Waals surface area contributed by atoms with Gasteiger partial charge in [0.05, 0.1) is 16.6 Å². The van der Waals surface area contributed by atoms with Crippen LogP contribution in [0.1, 0.15) is 28.4 Å². The van der Waals surface area contributed by atoms with Crippen LogP contribution >= 0.6 is 12.2 Å². The van der Waals surface area contributed by atoms with Crippen molar-refractivity contribution in [1.82, 2.24) is 14.9 Å². The summed E-state index contributed by atoms with van der Waals surface area (Å²) in [4.78, 5) is 28.1. The molecule has 3 rings (SSSR count). The molecule has 0 fully saturated rings. The average molecular weight is 353 g/mol. The van der Waals surface area contributed by atoms with E-state index in [0.717, 1.165) is 16.8 Å². The zero-order valence-electron chi connectivity index (χ0n) is 14.3. The molecule has 6 heteroatoms. The molecule has 128 valence electrons. The van der Waals surface area contributed by atoms with Crippen molar-refractivity contribution < 1.29 is 4.79 Å². The van der Waals surface area contributed by atoms with Gasteiger partial charge in [0.25, 0.3) is 11.5 Å². The van der Waals surface area contributed by atoms with E-state index in [1.807, 2.05) is 39.0 Å². The van der Waals surface area contributed by atoms with Crippen molar-refractivity contribution in [2.24, 2.45) is 0 Å². The van der Waals surface area contributed by atoms with Gasteiger partial charge in [-0.05, 0) is 68.4 Å². The van der Waals surface area contributed by atoms with Gasteiger partial charge in [0, 0.05) is 12.1 Å². The molecule has 3 aromatic rings. The Kier molecular flexibility index (Phi) is 4.55. The van der Waals surface area contributed by atoms with Crippen LogP contribution in [-0.4, -0.2) is 22.0 Å². The first-order valence-corrected chi connectivity index (χ1v) is 8.48. The van der Waals surface area contributed by atoms with E-state index in [4.69, 9.17) is 12.2 Å². The lowest BCUT2D eigenvalue weighted by Crippen LogP contribution is -2.24. The van der Waals surface area contributed by atoms with Gasteiger partial charge in [-0.25, -0.2) is 0 Å². The molecule has 0 aliphatic carbocycles. The summed E-state index contributed by atoms with van der Waals surface area (Å²) in [6, 6.07) is 10.7. The van der Waals surface area contributed by atoms with E-state index < -0.39 is 0 Å². The molecule has 25 heavy (non-hydrogen) atoms. The van der Waals surface area contributed by atoms with Gasteiger partial charge in [-0.3, -0.25) is 14.2 Å². The fourth-order valence-corrected chi connectivity index (χ4v) is 3.11. The number of aromatic nitrogens is 2. The molecule has 1 heterocycles. The lowest BCUT2D eigenvalue weighted by molar-refractivity contribution is 0.0956. The van der Waals surface area contributed by atoms with Gasteiger partial charge >= 0.3 is 0 Å². The third kappa shape index (κ3) is 3.00. The van der Waals surface area contributed by atoms with Gasteiger partial charge in [-0.15, -0.1) is 0 Å². The van der Waals surface area contributed by atoms with Crippen LogP contribution in [0.4, 0.5) is 0 Å². The van der Waals surface area contributed by atoms with Crippen LogP contribution < -0.4 is 10.9 Å². The van der Waals surface area contributed by atoms with E-state index >= 15 is 0 Å². The second kappa shape index (κ2) is 6.64. The molecule has 5 nitrogen and oxygen atoms in total. The van der Waals surface area contributed by atoms with Crippen LogP contribution in [0.25, 0.3) is 16.6 Å². The highest BCUT2D eigenvalue weighted by atomic mass is 32.1. The molecule has 0 saturated heterocycles. The zero-order valence-corrected chi connectivity index (χ0v) is 15.2. The molecular weight excluding hydrogens is 334 g/mol. The minimum atomic E-state index is -0.199. The molecule has 0 aliphatic heterocycles. The summed E-state index contributed by atoms with van der Waals surface area (Å²) in [7, 11) is 0. The molecular formula is C19H19N3O2S. The molecule has 0 atom stereocenters. The number of nitrogens with one attached hydrogen (secondary N) is 2. The molecule has 2 N–H and O–H groups in total. The minimum Gasteiger partial charge on any atom is -0.352 e. The summed E-state index contributed by atoms with van der Waals surface area (Å²) in [5.41, 5.74) is 3.70. The first-order chi connectivity index (χ1) is 11.9. The van der Waals surface area contributed by atoms with Crippen LogP contribution in [0.5, 0.6) is 0 Å². The molecule has 1 aromatic heterocycles. The third-order valence-corrected chi connectivity index (χ3v) is 4.60. The van der Waals surface area contributed by atoms with Crippen molar-refractivity contribution in [3.05, 3.63) is 68.2 Å². The van der Waals surface area contributed by atoms with Crippen molar-refractivity contribution in [3.63, 3.8) is 0 Å².